The molecular weight excluding hydrogens is 390 g/mol. The van der Waals surface area contributed by atoms with Crippen molar-refractivity contribution in [2.24, 2.45) is 5.92 Å². The quantitative estimate of drug-likeness (QED) is 0.544. The van der Waals surface area contributed by atoms with Crippen molar-refractivity contribution in [3.8, 4) is 11.3 Å². The Labute approximate surface area is 180 Å². The summed E-state index contributed by atoms with van der Waals surface area (Å²) in [4.78, 5) is 18.8. The molecule has 156 valence electrons. The van der Waals surface area contributed by atoms with Crippen molar-refractivity contribution in [3.05, 3.63) is 78.2 Å². The van der Waals surface area contributed by atoms with E-state index < -0.39 is 0 Å². The van der Waals surface area contributed by atoms with Gasteiger partial charge in [-0.25, -0.2) is 4.68 Å². The number of aromatic nitrogens is 4. The number of amides is 1. The lowest BCUT2D eigenvalue weighted by atomic mass is 10.1. The number of fused-ring (bicyclic) bond motifs is 1. The Bertz CT molecular complexity index is 1210. The maximum atomic E-state index is 12.7. The van der Waals surface area contributed by atoms with E-state index in [1.54, 1.807) is 4.68 Å². The Kier molecular flexibility index (Phi) is 5.18. The molecule has 7 heteroatoms. The van der Waals surface area contributed by atoms with Gasteiger partial charge < -0.3 is 10.0 Å². The third-order valence-corrected chi connectivity index (χ3v) is 5.86. The van der Waals surface area contributed by atoms with Crippen molar-refractivity contribution in [2.75, 3.05) is 19.7 Å². The maximum absolute atomic E-state index is 12.7. The van der Waals surface area contributed by atoms with Crippen LogP contribution in [-0.4, -0.2) is 55.6 Å². The Morgan fingerprint density at radius 3 is 2.74 bits per heavy atom. The monoisotopic (exact) mass is 413 g/mol. The minimum absolute atomic E-state index is 0.0222. The fraction of sp³-hybridized carbons (Fsp3) is 0.250. The van der Waals surface area contributed by atoms with E-state index in [0.29, 0.717) is 25.2 Å². The number of carbonyl (C=O) groups is 1. The molecule has 1 aliphatic rings. The topological polar surface area (TPSA) is 84.1 Å². The van der Waals surface area contributed by atoms with Gasteiger partial charge in [0.2, 0.25) is 0 Å². The zero-order valence-electron chi connectivity index (χ0n) is 17.1. The second-order valence-corrected chi connectivity index (χ2v) is 7.99. The number of nitrogens with zero attached hydrogens (tertiary/aromatic N) is 5. The molecule has 3 heterocycles. The van der Waals surface area contributed by atoms with Gasteiger partial charge in [-0.3, -0.25) is 9.78 Å². The van der Waals surface area contributed by atoms with E-state index in [4.69, 9.17) is 0 Å². The van der Waals surface area contributed by atoms with Gasteiger partial charge in [-0.05, 0) is 29.5 Å². The molecule has 31 heavy (non-hydrogen) atoms. The molecule has 7 nitrogen and oxygen atoms in total. The van der Waals surface area contributed by atoms with E-state index in [1.807, 2.05) is 66.0 Å². The van der Waals surface area contributed by atoms with Gasteiger partial charge in [0, 0.05) is 54.5 Å². The van der Waals surface area contributed by atoms with E-state index in [-0.39, 0.29) is 18.4 Å². The van der Waals surface area contributed by atoms with Crippen molar-refractivity contribution in [1.29, 1.82) is 0 Å². The summed E-state index contributed by atoms with van der Waals surface area (Å²) >= 11 is 0. The molecule has 2 aromatic carbocycles. The van der Waals surface area contributed by atoms with Crippen molar-refractivity contribution < 1.29 is 9.90 Å². The van der Waals surface area contributed by atoms with E-state index in [1.165, 1.54) is 0 Å². The molecule has 1 N–H and O–H groups in total. The molecule has 5 rings (SSSR count). The molecule has 2 aromatic heterocycles. The standard InChI is InChI=1S/C24H23N5O2/c30-16-18-9-10-28(13-18)24(31)19-7-5-17(6-8-19)14-29-15-23(26-27-29)22-12-25-11-20-3-1-2-4-21(20)22/h1-8,11-12,15,18,30H,9-10,13-14,16H2. The number of aliphatic hydroxyl groups is 1. The van der Waals surface area contributed by atoms with Gasteiger partial charge in [-0.2, -0.15) is 0 Å². The van der Waals surface area contributed by atoms with Gasteiger partial charge in [-0.15, -0.1) is 5.10 Å². The molecule has 0 saturated carbocycles. The molecular formula is C24H23N5O2. The van der Waals surface area contributed by atoms with Crippen LogP contribution in [0.1, 0.15) is 22.3 Å². The van der Waals surface area contributed by atoms with Crippen LogP contribution in [0.5, 0.6) is 0 Å². The van der Waals surface area contributed by atoms with Crippen molar-refractivity contribution in [3.63, 3.8) is 0 Å². The summed E-state index contributed by atoms with van der Waals surface area (Å²) in [5.74, 6) is 0.218. The molecule has 1 atom stereocenters. The normalized spacial score (nSPS) is 16.2. The number of aliphatic hydroxyl groups excluding tert-OH is 1. The molecule has 0 radical (unpaired) electrons. The first-order valence-corrected chi connectivity index (χ1v) is 10.4. The molecule has 0 aliphatic carbocycles. The predicted octanol–water partition coefficient (Wildman–Crippen LogP) is 3.00. The summed E-state index contributed by atoms with van der Waals surface area (Å²) < 4.78 is 1.79. The van der Waals surface area contributed by atoms with Crippen LogP contribution < -0.4 is 0 Å². The van der Waals surface area contributed by atoms with Crippen LogP contribution in [0.25, 0.3) is 22.0 Å². The van der Waals surface area contributed by atoms with Gasteiger partial charge in [0.25, 0.3) is 5.91 Å². The fourth-order valence-corrected chi connectivity index (χ4v) is 4.11. The number of rotatable bonds is 5. The van der Waals surface area contributed by atoms with Gasteiger partial charge in [0.15, 0.2) is 0 Å². The largest absolute Gasteiger partial charge is 0.396 e. The lowest BCUT2D eigenvalue weighted by molar-refractivity contribution is 0.0782. The van der Waals surface area contributed by atoms with Crippen LogP contribution in [-0.2, 0) is 6.54 Å². The lowest BCUT2D eigenvalue weighted by Crippen LogP contribution is -2.29. The Hall–Kier alpha value is -3.58. The lowest BCUT2D eigenvalue weighted by Gasteiger charge is -2.16. The summed E-state index contributed by atoms with van der Waals surface area (Å²) in [5.41, 5.74) is 3.45. The minimum Gasteiger partial charge on any atom is -0.396 e. The predicted molar refractivity (Wildman–Crippen MR) is 117 cm³/mol. The average Bonchev–Trinajstić information content (AvgIpc) is 3.48. The average molecular weight is 413 g/mol. The number of hydrogen-bond donors (Lipinski definition) is 1. The molecule has 1 amide bonds. The number of pyridine rings is 1. The van der Waals surface area contributed by atoms with E-state index in [0.717, 1.165) is 34.0 Å². The Morgan fingerprint density at radius 1 is 1.10 bits per heavy atom. The first-order chi connectivity index (χ1) is 15.2. The highest BCUT2D eigenvalue weighted by Gasteiger charge is 2.26. The SMILES string of the molecule is O=C(c1ccc(Cn2cc(-c3cncc4ccccc34)nn2)cc1)N1CCC(CO)C1. The van der Waals surface area contributed by atoms with Gasteiger partial charge in [0.05, 0.1) is 12.7 Å². The molecule has 4 aromatic rings. The summed E-state index contributed by atoms with van der Waals surface area (Å²) in [6.45, 7) is 2.03. The summed E-state index contributed by atoms with van der Waals surface area (Å²) in [6.07, 6.45) is 6.44. The molecule has 1 unspecified atom stereocenters. The van der Waals surface area contributed by atoms with Gasteiger partial charge >= 0.3 is 0 Å². The van der Waals surface area contributed by atoms with Crippen LogP contribution in [0, 0.1) is 5.92 Å². The van der Waals surface area contributed by atoms with Crippen molar-refractivity contribution in [1.82, 2.24) is 24.9 Å². The second kappa shape index (κ2) is 8.28. The smallest absolute Gasteiger partial charge is 0.253 e. The van der Waals surface area contributed by atoms with E-state index >= 15 is 0 Å². The fourth-order valence-electron chi connectivity index (χ4n) is 4.11. The number of hydrogen-bond acceptors (Lipinski definition) is 5. The molecule has 0 bridgehead atoms. The number of carbonyl (C=O) groups excluding carboxylic acids is 1. The van der Waals surface area contributed by atoms with Crippen molar-refractivity contribution in [2.45, 2.75) is 13.0 Å². The zero-order valence-corrected chi connectivity index (χ0v) is 17.1. The zero-order chi connectivity index (χ0) is 21.2. The second-order valence-electron chi connectivity index (χ2n) is 7.99. The Balaban J connectivity index is 1.30. The first-order valence-electron chi connectivity index (χ1n) is 10.4. The molecule has 0 spiro atoms. The third-order valence-electron chi connectivity index (χ3n) is 5.86. The van der Waals surface area contributed by atoms with Crippen LogP contribution in [0.3, 0.4) is 0 Å². The van der Waals surface area contributed by atoms with Gasteiger partial charge in [-0.1, -0.05) is 41.6 Å². The van der Waals surface area contributed by atoms with Crippen LogP contribution in [0.15, 0.2) is 67.1 Å². The minimum atomic E-state index is 0.0222. The summed E-state index contributed by atoms with van der Waals surface area (Å²) in [7, 11) is 0. The van der Waals surface area contributed by atoms with E-state index in [2.05, 4.69) is 21.4 Å². The highest BCUT2D eigenvalue weighted by atomic mass is 16.3. The Morgan fingerprint density at radius 2 is 1.94 bits per heavy atom. The molecule has 1 saturated heterocycles. The number of benzene rings is 2. The maximum Gasteiger partial charge on any atom is 0.253 e. The third kappa shape index (κ3) is 3.92. The number of likely N-dealkylation sites (tertiary alicyclic amines) is 1. The summed E-state index contributed by atoms with van der Waals surface area (Å²) in [5, 5.41) is 20.1. The summed E-state index contributed by atoms with van der Waals surface area (Å²) in [6, 6.07) is 15.7. The van der Waals surface area contributed by atoms with Crippen molar-refractivity contribution >= 4 is 16.7 Å². The van der Waals surface area contributed by atoms with Crippen LogP contribution in [0.4, 0.5) is 0 Å². The van der Waals surface area contributed by atoms with Crippen LogP contribution in [0.2, 0.25) is 0 Å². The van der Waals surface area contributed by atoms with Gasteiger partial charge in [0.1, 0.15) is 5.69 Å². The molecule has 1 aliphatic heterocycles. The first kappa shape index (κ1) is 19.4. The molecule has 1 fully saturated rings. The highest BCUT2D eigenvalue weighted by Crippen LogP contribution is 2.26. The van der Waals surface area contributed by atoms with Crippen LogP contribution >= 0.6 is 0 Å². The van der Waals surface area contributed by atoms with E-state index in [9.17, 15) is 9.90 Å². The highest BCUT2D eigenvalue weighted by molar-refractivity contribution is 5.95.